The Bertz CT molecular complexity index is 1170. The highest BCUT2D eigenvalue weighted by Crippen LogP contribution is 2.27. The maximum atomic E-state index is 13.4. The maximum absolute atomic E-state index is 13.4. The third-order valence-electron chi connectivity index (χ3n) is 5.13. The molecule has 1 unspecified atom stereocenters. The van der Waals surface area contributed by atoms with Crippen molar-refractivity contribution >= 4 is 33.2 Å². The summed E-state index contributed by atoms with van der Waals surface area (Å²) in [6.07, 6.45) is 1.72. The second-order valence-corrected chi connectivity index (χ2v) is 8.07. The van der Waals surface area contributed by atoms with E-state index in [2.05, 4.69) is 32.7 Å². The van der Waals surface area contributed by atoms with Gasteiger partial charge in [-0.15, -0.1) is 0 Å². The van der Waals surface area contributed by atoms with E-state index in [4.69, 9.17) is 14.2 Å². The first-order chi connectivity index (χ1) is 15.0. The number of pyridine rings is 1. The van der Waals surface area contributed by atoms with E-state index in [1.54, 1.807) is 6.20 Å². The van der Waals surface area contributed by atoms with E-state index in [-0.39, 0.29) is 24.1 Å². The summed E-state index contributed by atoms with van der Waals surface area (Å²) in [6, 6.07) is 11.4. The Kier molecular flexibility index (Phi) is 6.24. The van der Waals surface area contributed by atoms with Crippen LogP contribution in [0.1, 0.15) is 23.0 Å². The monoisotopic (exact) mass is 487 g/mol. The third kappa shape index (κ3) is 4.28. The lowest BCUT2D eigenvalue weighted by atomic mass is 10.2. The Balaban J connectivity index is 1.82. The van der Waals surface area contributed by atoms with Crippen molar-refractivity contribution in [3.63, 3.8) is 0 Å². The standard InChI is InChI=1S/C22H22BrN3O5/c1-14-12-30-9-8-25(14)16-10-17(23)20-24-18(22(28)29-2)19(21(27)26(20)11-16)31-13-15-6-4-3-5-7-15/h3-7,10-11,14H,8-9,12-13H2,1-2H3. The van der Waals surface area contributed by atoms with Crippen molar-refractivity contribution in [2.24, 2.45) is 0 Å². The van der Waals surface area contributed by atoms with Gasteiger partial charge in [-0.2, -0.15) is 0 Å². The van der Waals surface area contributed by atoms with Crippen LogP contribution in [-0.2, 0) is 16.1 Å². The topological polar surface area (TPSA) is 82.4 Å². The first kappa shape index (κ1) is 21.3. The van der Waals surface area contributed by atoms with Crippen molar-refractivity contribution in [2.45, 2.75) is 19.6 Å². The number of carbonyl (C=O) groups is 1. The molecule has 0 bridgehead atoms. The lowest BCUT2D eigenvalue weighted by molar-refractivity contribution is 0.0588. The Morgan fingerprint density at radius 1 is 1.32 bits per heavy atom. The zero-order valence-corrected chi connectivity index (χ0v) is 18.8. The molecule has 4 rings (SSSR count). The van der Waals surface area contributed by atoms with E-state index >= 15 is 0 Å². The second-order valence-electron chi connectivity index (χ2n) is 7.22. The number of fused-ring (bicyclic) bond motifs is 1. The molecule has 3 heterocycles. The second kappa shape index (κ2) is 9.07. The lowest BCUT2D eigenvalue weighted by Gasteiger charge is -2.35. The van der Waals surface area contributed by atoms with E-state index < -0.39 is 11.5 Å². The van der Waals surface area contributed by atoms with Crippen LogP contribution in [0.25, 0.3) is 5.65 Å². The molecule has 3 aromatic rings. The summed E-state index contributed by atoms with van der Waals surface area (Å²) in [4.78, 5) is 32.3. The smallest absolute Gasteiger partial charge is 0.360 e. The number of ether oxygens (including phenoxy) is 3. The Labute approximate surface area is 187 Å². The van der Waals surface area contributed by atoms with Gasteiger partial charge in [0.05, 0.1) is 30.5 Å². The van der Waals surface area contributed by atoms with Crippen molar-refractivity contribution in [3.05, 3.63) is 68.7 Å². The fraction of sp³-hybridized carbons (Fsp3) is 0.318. The number of nitrogens with zero attached hydrogens (tertiary/aromatic N) is 3. The van der Waals surface area contributed by atoms with Crippen molar-refractivity contribution in [3.8, 4) is 5.75 Å². The van der Waals surface area contributed by atoms with Gasteiger partial charge in [0.25, 0.3) is 0 Å². The highest BCUT2D eigenvalue weighted by Gasteiger charge is 2.25. The van der Waals surface area contributed by atoms with Crippen LogP contribution in [0.2, 0.25) is 0 Å². The van der Waals surface area contributed by atoms with Gasteiger partial charge in [0.1, 0.15) is 6.61 Å². The molecule has 0 amide bonds. The van der Waals surface area contributed by atoms with E-state index in [1.807, 2.05) is 36.4 Å². The van der Waals surface area contributed by atoms with Crippen LogP contribution in [0, 0.1) is 0 Å². The van der Waals surface area contributed by atoms with Gasteiger partial charge in [0.15, 0.2) is 11.3 Å². The summed E-state index contributed by atoms with van der Waals surface area (Å²) in [5.74, 6) is -0.882. The van der Waals surface area contributed by atoms with E-state index in [0.717, 1.165) is 11.3 Å². The molecule has 8 nitrogen and oxygen atoms in total. The van der Waals surface area contributed by atoms with Gasteiger partial charge in [-0.1, -0.05) is 30.3 Å². The van der Waals surface area contributed by atoms with E-state index in [0.29, 0.717) is 29.9 Å². The lowest BCUT2D eigenvalue weighted by Crippen LogP contribution is -2.44. The first-order valence-electron chi connectivity index (χ1n) is 9.85. The Hall–Kier alpha value is -2.91. The fourth-order valence-electron chi connectivity index (χ4n) is 3.53. The van der Waals surface area contributed by atoms with Crippen LogP contribution < -0.4 is 15.2 Å². The number of methoxy groups -OCH3 is 1. The minimum absolute atomic E-state index is 0.120. The number of hydrogen-bond donors (Lipinski definition) is 0. The number of rotatable bonds is 5. The average Bonchev–Trinajstić information content (AvgIpc) is 2.79. The molecule has 1 aliphatic rings. The minimum atomic E-state index is -0.736. The minimum Gasteiger partial charge on any atom is -0.481 e. The maximum Gasteiger partial charge on any atom is 0.360 e. The van der Waals surface area contributed by atoms with Crippen molar-refractivity contribution in [1.82, 2.24) is 9.38 Å². The quantitative estimate of drug-likeness (QED) is 0.511. The number of carbonyl (C=O) groups excluding carboxylic acids is 1. The van der Waals surface area contributed by atoms with Gasteiger partial charge in [0, 0.05) is 18.8 Å². The SMILES string of the molecule is COC(=O)c1nc2c(Br)cc(N3CCOCC3C)cn2c(=O)c1OCc1ccccc1. The number of morpholine rings is 1. The zero-order valence-electron chi connectivity index (χ0n) is 17.2. The van der Waals surface area contributed by atoms with Gasteiger partial charge in [0.2, 0.25) is 5.75 Å². The number of anilines is 1. The van der Waals surface area contributed by atoms with Crippen LogP contribution in [-0.4, -0.2) is 48.3 Å². The summed E-state index contributed by atoms with van der Waals surface area (Å²) >= 11 is 3.50. The van der Waals surface area contributed by atoms with Crippen LogP contribution >= 0.6 is 15.9 Å². The van der Waals surface area contributed by atoms with Crippen molar-refractivity contribution in [2.75, 3.05) is 31.8 Å². The molecule has 0 aliphatic carbocycles. The molecule has 0 spiro atoms. The normalized spacial score (nSPS) is 16.4. The van der Waals surface area contributed by atoms with Gasteiger partial charge >= 0.3 is 11.5 Å². The number of esters is 1. The Morgan fingerprint density at radius 3 is 2.81 bits per heavy atom. The number of benzene rings is 1. The highest BCUT2D eigenvalue weighted by atomic mass is 79.9. The number of halogens is 1. The van der Waals surface area contributed by atoms with Crippen LogP contribution in [0.4, 0.5) is 5.69 Å². The van der Waals surface area contributed by atoms with Gasteiger partial charge in [-0.05, 0) is 34.5 Å². The molecule has 1 atom stereocenters. The molecule has 1 fully saturated rings. The predicted molar refractivity (Wildman–Crippen MR) is 119 cm³/mol. The molecule has 31 heavy (non-hydrogen) atoms. The molecule has 0 radical (unpaired) electrons. The fourth-order valence-corrected chi connectivity index (χ4v) is 4.05. The van der Waals surface area contributed by atoms with Crippen LogP contribution in [0.5, 0.6) is 5.75 Å². The zero-order chi connectivity index (χ0) is 22.0. The van der Waals surface area contributed by atoms with Crippen molar-refractivity contribution < 1.29 is 19.0 Å². The number of hydrogen-bond acceptors (Lipinski definition) is 7. The van der Waals surface area contributed by atoms with Gasteiger partial charge in [-0.3, -0.25) is 9.20 Å². The van der Waals surface area contributed by atoms with E-state index in [1.165, 1.54) is 11.5 Å². The molecule has 162 valence electrons. The molecule has 9 heteroatoms. The Morgan fingerprint density at radius 2 is 2.10 bits per heavy atom. The van der Waals surface area contributed by atoms with Crippen LogP contribution in [0.3, 0.4) is 0 Å². The van der Waals surface area contributed by atoms with Crippen LogP contribution in [0.15, 0.2) is 51.9 Å². The summed E-state index contributed by atoms with van der Waals surface area (Å²) in [6.45, 7) is 4.11. The summed E-state index contributed by atoms with van der Waals surface area (Å²) < 4.78 is 18.1. The largest absolute Gasteiger partial charge is 0.481 e. The highest BCUT2D eigenvalue weighted by molar-refractivity contribution is 9.10. The molecule has 1 saturated heterocycles. The van der Waals surface area contributed by atoms with Gasteiger partial charge < -0.3 is 19.1 Å². The summed E-state index contributed by atoms with van der Waals surface area (Å²) in [5.41, 5.74) is 1.38. The summed E-state index contributed by atoms with van der Waals surface area (Å²) in [5, 5.41) is 0. The molecule has 0 saturated carbocycles. The first-order valence-corrected chi connectivity index (χ1v) is 10.6. The molecule has 1 aromatic carbocycles. The van der Waals surface area contributed by atoms with E-state index in [9.17, 15) is 9.59 Å². The molecular weight excluding hydrogens is 466 g/mol. The average molecular weight is 488 g/mol. The molecule has 0 N–H and O–H groups in total. The third-order valence-corrected chi connectivity index (χ3v) is 5.71. The molecule has 1 aliphatic heterocycles. The molecular formula is C22H22BrN3O5. The summed E-state index contributed by atoms with van der Waals surface area (Å²) in [7, 11) is 1.24. The van der Waals surface area contributed by atoms with Gasteiger partial charge in [-0.25, -0.2) is 9.78 Å². The number of aromatic nitrogens is 2. The predicted octanol–water partition coefficient (Wildman–Crippen LogP) is 3.05. The van der Waals surface area contributed by atoms with Crippen molar-refractivity contribution in [1.29, 1.82) is 0 Å². The molecule has 2 aromatic heterocycles.